The molecule has 1 saturated heterocycles. The molecule has 0 spiro atoms. The fourth-order valence-electron chi connectivity index (χ4n) is 3.27. The fourth-order valence-corrected chi connectivity index (χ4v) is 3.27. The van der Waals surface area contributed by atoms with Crippen molar-refractivity contribution in [2.75, 3.05) is 6.54 Å². The zero-order chi connectivity index (χ0) is 13.8. The minimum Gasteiger partial charge on any atom is -0.480 e. The number of likely N-dealkylation sites (tertiary alicyclic amines) is 1. The molecule has 0 aromatic carbocycles. The first-order chi connectivity index (χ1) is 9.08. The Bertz CT molecular complexity index is 338. The van der Waals surface area contributed by atoms with Crippen LogP contribution in [0.1, 0.15) is 51.4 Å². The first kappa shape index (κ1) is 14.3. The van der Waals surface area contributed by atoms with Crippen LogP contribution in [0.5, 0.6) is 0 Å². The van der Waals surface area contributed by atoms with Crippen LogP contribution in [-0.2, 0) is 9.59 Å². The quantitative estimate of drug-likeness (QED) is 0.808. The topological polar surface area (TPSA) is 77.8 Å². The lowest BCUT2D eigenvalue weighted by Gasteiger charge is -2.24. The van der Waals surface area contributed by atoms with Gasteiger partial charge in [-0.25, -0.2) is 4.79 Å². The normalized spacial score (nSPS) is 28.6. The molecule has 0 aromatic rings. The summed E-state index contributed by atoms with van der Waals surface area (Å²) in [4.78, 5) is 24.5. The third-order valence-electron chi connectivity index (χ3n) is 4.38. The van der Waals surface area contributed by atoms with Crippen molar-refractivity contribution in [2.45, 2.75) is 63.5 Å². The molecule has 2 N–H and O–H groups in total. The van der Waals surface area contributed by atoms with Crippen molar-refractivity contribution in [3.8, 4) is 0 Å². The summed E-state index contributed by atoms with van der Waals surface area (Å²) in [5, 5.41) is 18.6. The standard InChI is InChI=1S/C14H23NO4/c16-11-8-12(14(18)19)15(9-11)13(17)7-6-10-4-2-1-3-5-10/h10-12,16H,1-9H2,(H,18,19)/t11-,12-/m1/s1. The van der Waals surface area contributed by atoms with Crippen molar-refractivity contribution in [1.29, 1.82) is 0 Å². The number of carbonyl (C=O) groups excluding carboxylic acids is 1. The third kappa shape index (κ3) is 3.69. The molecule has 1 aliphatic heterocycles. The minimum atomic E-state index is -1.01. The zero-order valence-corrected chi connectivity index (χ0v) is 11.3. The predicted molar refractivity (Wildman–Crippen MR) is 69.6 cm³/mol. The van der Waals surface area contributed by atoms with Crippen LogP contribution in [0.25, 0.3) is 0 Å². The highest BCUT2D eigenvalue weighted by molar-refractivity contribution is 5.84. The van der Waals surface area contributed by atoms with Gasteiger partial charge in [0, 0.05) is 19.4 Å². The lowest BCUT2D eigenvalue weighted by molar-refractivity contribution is -0.148. The second kappa shape index (κ2) is 6.37. The monoisotopic (exact) mass is 269 g/mol. The van der Waals surface area contributed by atoms with E-state index in [1.807, 2.05) is 0 Å². The molecule has 5 heteroatoms. The van der Waals surface area contributed by atoms with E-state index < -0.39 is 18.1 Å². The molecule has 2 atom stereocenters. The van der Waals surface area contributed by atoms with Gasteiger partial charge in [0.1, 0.15) is 6.04 Å². The molecular weight excluding hydrogens is 246 g/mol. The maximum Gasteiger partial charge on any atom is 0.326 e. The highest BCUT2D eigenvalue weighted by atomic mass is 16.4. The number of β-amino-alcohol motifs (C(OH)–C–C–N with tert-alkyl or cyclic N) is 1. The van der Waals surface area contributed by atoms with Crippen LogP contribution in [0.3, 0.4) is 0 Å². The molecule has 1 saturated carbocycles. The first-order valence-corrected chi connectivity index (χ1v) is 7.28. The van der Waals surface area contributed by atoms with Crippen molar-refractivity contribution >= 4 is 11.9 Å². The third-order valence-corrected chi connectivity index (χ3v) is 4.38. The minimum absolute atomic E-state index is 0.116. The number of nitrogens with zero attached hydrogens (tertiary/aromatic N) is 1. The van der Waals surface area contributed by atoms with Crippen LogP contribution in [-0.4, -0.2) is 45.7 Å². The Labute approximate surface area is 113 Å². The number of carboxylic acids is 1. The average molecular weight is 269 g/mol. The van der Waals surface area contributed by atoms with E-state index in [-0.39, 0.29) is 18.9 Å². The summed E-state index contributed by atoms with van der Waals surface area (Å²) < 4.78 is 0. The Balaban J connectivity index is 1.82. The highest BCUT2D eigenvalue weighted by Crippen LogP contribution is 2.28. The average Bonchev–Trinajstić information content (AvgIpc) is 2.79. The van der Waals surface area contributed by atoms with Gasteiger partial charge in [0.2, 0.25) is 5.91 Å². The Hall–Kier alpha value is -1.10. The number of amides is 1. The van der Waals surface area contributed by atoms with E-state index >= 15 is 0 Å². The first-order valence-electron chi connectivity index (χ1n) is 7.28. The number of carboxylic acid groups (broad SMARTS) is 1. The van der Waals surface area contributed by atoms with Gasteiger partial charge in [0.15, 0.2) is 0 Å². The Morgan fingerprint density at radius 2 is 1.84 bits per heavy atom. The van der Waals surface area contributed by atoms with Gasteiger partial charge < -0.3 is 15.1 Å². The van der Waals surface area contributed by atoms with Gasteiger partial charge in [-0.15, -0.1) is 0 Å². The van der Waals surface area contributed by atoms with Crippen LogP contribution >= 0.6 is 0 Å². The lowest BCUT2D eigenvalue weighted by Crippen LogP contribution is -2.40. The molecule has 1 aliphatic carbocycles. The summed E-state index contributed by atoms with van der Waals surface area (Å²) in [5.41, 5.74) is 0. The maximum absolute atomic E-state index is 12.1. The van der Waals surface area contributed by atoms with Gasteiger partial charge in [-0.1, -0.05) is 32.1 Å². The number of aliphatic carboxylic acids is 1. The van der Waals surface area contributed by atoms with Gasteiger partial charge in [-0.05, 0) is 12.3 Å². The van der Waals surface area contributed by atoms with Gasteiger partial charge in [-0.3, -0.25) is 4.79 Å². The SMILES string of the molecule is O=C(O)[C@H]1C[C@@H](O)CN1C(=O)CCC1CCCCC1. The summed E-state index contributed by atoms with van der Waals surface area (Å²) in [7, 11) is 0. The molecule has 1 amide bonds. The van der Waals surface area contributed by atoms with E-state index in [1.165, 1.54) is 37.0 Å². The van der Waals surface area contributed by atoms with Crippen LogP contribution in [0.2, 0.25) is 0 Å². The largest absolute Gasteiger partial charge is 0.480 e. The van der Waals surface area contributed by atoms with Crippen molar-refractivity contribution in [3.63, 3.8) is 0 Å². The van der Waals surface area contributed by atoms with E-state index in [9.17, 15) is 14.7 Å². The van der Waals surface area contributed by atoms with Gasteiger partial charge in [0.25, 0.3) is 0 Å². The van der Waals surface area contributed by atoms with Crippen LogP contribution < -0.4 is 0 Å². The van der Waals surface area contributed by atoms with Gasteiger partial charge >= 0.3 is 5.97 Å². The Morgan fingerprint density at radius 1 is 1.16 bits per heavy atom. The summed E-state index contributed by atoms with van der Waals surface area (Å²) in [6.07, 6.45) is 6.92. The number of hydrogen-bond donors (Lipinski definition) is 2. The van der Waals surface area contributed by atoms with Crippen LogP contribution in [0.15, 0.2) is 0 Å². The van der Waals surface area contributed by atoms with E-state index in [1.54, 1.807) is 0 Å². The highest BCUT2D eigenvalue weighted by Gasteiger charge is 2.38. The summed E-state index contributed by atoms with van der Waals surface area (Å²) >= 11 is 0. The lowest BCUT2D eigenvalue weighted by atomic mass is 9.86. The van der Waals surface area contributed by atoms with Crippen LogP contribution in [0, 0.1) is 5.92 Å². The van der Waals surface area contributed by atoms with Gasteiger partial charge in [-0.2, -0.15) is 0 Å². The molecule has 0 radical (unpaired) electrons. The molecule has 19 heavy (non-hydrogen) atoms. The number of aliphatic hydroxyl groups is 1. The molecule has 0 unspecified atom stereocenters. The molecule has 5 nitrogen and oxygen atoms in total. The van der Waals surface area contributed by atoms with Crippen molar-refractivity contribution in [3.05, 3.63) is 0 Å². The molecule has 2 aliphatic rings. The van der Waals surface area contributed by atoms with Crippen molar-refractivity contribution in [2.24, 2.45) is 5.92 Å². The van der Waals surface area contributed by atoms with E-state index in [2.05, 4.69) is 0 Å². The maximum atomic E-state index is 12.1. The summed E-state index contributed by atoms with van der Waals surface area (Å²) in [6, 6.07) is -0.839. The number of hydrogen-bond acceptors (Lipinski definition) is 3. The van der Waals surface area contributed by atoms with Gasteiger partial charge in [0.05, 0.1) is 6.10 Å². The molecule has 2 rings (SSSR count). The number of aliphatic hydroxyl groups excluding tert-OH is 1. The summed E-state index contributed by atoms with van der Waals surface area (Å²) in [6.45, 7) is 0.167. The predicted octanol–water partition coefficient (Wildman–Crippen LogP) is 1.39. The summed E-state index contributed by atoms with van der Waals surface area (Å²) in [5.74, 6) is -0.509. The Kier molecular flexibility index (Phi) is 4.80. The second-order valence-electron chi connectivity index (χ2n) is 5.83. The van der Waals surface area contributed by atoms with Crippen molar-refractivity contribution in [1.82, 2.24) is 4.90 Å². The zero-order valence-electron chi connectivity index (χ0n) is 11.3. The molecule has 108 valence electrons. The number of carbonyl (C=O) groups is 2. The second-order valence-corrected chi connectivity index (χ2v) is 5.83. The Morgan fingerprint density at radius 3 is 2.47 bits per heavy atom. The van der Waals surface area contributed by atoms with Crippen molar-refractivity contribution < 1.29 is 19.8 Å². The van der Waals surface area contributed by atoms with E-state index in [0.717, 1.165) is 6.42 Å². The smallest absolute Gasteiger partial charge is 0.326 e. The number of rotatable bonds is 4. The van der Waals surface area contributed by atoms with Crippen LogP contribution in [0.4, 0.5) is 0 Å². The molecule has 0 bridgehead atoms. The molecule has 2 fully saturated rings. The van der Waals surface area contributed by atoms with E-state index in [4.69, 9.17) is 5.11 Å². The molecular formula is C14H23NO4. The molecule has 1 heterocycles. The fraction of sp³-hybridized carbons (Fsp3) is 0.857. The van der Waals surface area contributed by atoms with E-state index in [0.29, 0.717) is 12.3 Å². The molecule has 0 aromatic heterocycles.